The predicted octanol–water partition coefficient (Wildman–Crippen LogP) is 1.00. The minimum atomic E-state index is -0.138. The summed E-state index contributed by atoms with van der Waals surface area (Å²) in [4.78, 5) is 7.80. The number of hydrogen-bond donors (Lipinski definition) is 1. The number of fused-ring (bicyclic) bond motifs is 2. The molecule has 3 atom stereocenters. The molecule has 3 aliphatic rings. The number of piperazine rings is 1. The minimum Gasteiger partial charge on any atom is -0.392 e. The van der Waals surface area contributed by atoms with Crippen molar-refractivity contribution in [1.29, 1.82) is 0 Å². The molecule has 0 saturated carbocycles. The van der Waals surface area contributed by atoms with Crippen LogP contribution in [0.15, 0.2) is 0 Å². The Balaban J connectivity index is 1.47. The van der Waals surface area contributed by atoms with Crippen LogP contribution in [-0.2, 0) is 0 Å². The molecule has 0 unspecified atom stereocenters. The van der Waals surface area contributed by atoms with E-state index in [-0.39, 0.29) is 6.10 Å². The summed E-state index contributed by atoms with van der Waals surface area (Å²) >= 11 is 0. The van der Waals surface area contributed by atoms with E-state index in [4.69, 9.17) is 0 Å². The predicted molar refractivity (Wildman–Crippen MR) is 81.9 cm³/mol. The van der Waals surface area contributed by atoms with Gasteiger partial charge in [-0.05, 0) is 39.2 Å². The van der Waals surface area contributed by atoms with Crippen LogP contribution in [0.2, 0.25) is 0 Å². The summed E-state index contributed by atoms with van der Waals surface area (Å²) in [6.07, 6.45) is 6.33. The first-order valence-electron chi connectivity index (χ1n) is 8.53. The average Bonchev–Trinajstić information content (AvgIpc) is 2.68. The third-order valence-corrected chi connectivity index (χ3v) is 5.94. The van der Waals surface area contributed by atoms with E-state index in [2.05, 4.69) is 28.7 Å². The SMILES string of the molecule is CC[C@@H](O)CN1CCN(C2C[C@@H]3CC[C@@H](C2)N3C)CC1. The summed E-state index contributed by atoms with van der Waals surface area (Å²) in [6, 6.07) is 2.51. The monoisotopic (exact) mass is 281 g/mol. The van der Waals surface area contributed by atoms with Gasteiger partial charge in [-0.25, -0.2) is 0 Å². The van der Waals surface area contributed by atoms with Gasteiger partial charge in [0.15, 0.2) is 0 Å². The molecule has 0 spiro atoms. The molecule has 0 aromatic carbocycles. The molecule has 0 amide bonds. The summed E-state index contributed by atoms with van der Waals surface area (Å²) < 4.78 is 0. The first-order valence-corrected chi connectivity index (χ1v) is 8.53. The lowest BCUT2D eigenvalue weighted by Gasteiger charge is -2.45. The molecular formula is C16H31N3O. The van der Waals surface area contributed by atoms with Crippen LogP contribution in [0.3, 0.4) is 0 Å². The van der Waals surface area contributed by atoms with Crippen molar-refractivity contribution in [3.63, 3.8) is 0 Å². The van der Waals surface area contributed by atoms with Crippen molar-refractivity contribution < 1.29 is 5.11 Å². The molecule has 0 aromatic heterocycles. The number of hydrogen-bond acceptors (Lipinski definition) is 4. The van der Waals surface area contributed by atoms with Crippen molar-refractivity contribution in [2.45, 2.75) is 63.3 Å². The summed E-state index contributed by atoms with van der Waals surface area (Å²) in [6.45, 7) is 7.60. The van der Waals surface area contributed by atoms with Crippen molar-refractivity contribution >= 4 is 0 Å². The first kappa shape index (κ1) is 14.8. The van der Waals surface area contributed by atoms with Gasteiger partial charge in [0.1, 0.15) is 0 Å². The van der Waals surface area contributed by atoms with Crippen LogP contribution in [0.5, 0.6) is 0 Å². The van der Waals surface area contributed by atoms with Crippen LogP contribution in [0, 0.1) is 0 Å². The maximum atomic E-state index is 9.77. The Morgan fingerprint density at radius 2 is 1.60 bits per heavy atom. The summed E-state index contributed by atoms with van der Waals surface area (Å²) in [5.74, 6) is 0. The number of nitrogens with zero attached hydrogens (tertiary/aromatic N) is 3. The van der Waals surface area contributed by atoms with E-state index in [9.17, 15) is 5.11 Å². The fourth-order valence-corrected chi connectivity index (χ4v) is 4.42. The molecule has 0 aromatic rings. The van der Waals surface area contributed by atoms with Crippen molar-refractivity contribution in [2.75, 3.05) is 39.8 Å². The second kappa shape index (κ2) is 6.30. The maximum Gasteiger partial charge on any atom is 0.0664 e. The van der Waals surface area contributed by atoms with Gasteiger partial charge in [0, 0.05) is 50.8 Å². The normalized spacial score (nSPS) is 38.2. The zero-order valence-electron chi connectivity index (χ0n) is 13.2. The Bertz CT molecular complexity index is 303. The third kappa shape index (κ3) is 3.03. The molecule has 3 saturated heterocycles. The maximum absolute atomic E-state index is 9.77. The van der Waals surface area contributed by atoms with Crippen molar-refractivity contribution in [3.05, 3.63) is 0 Å². The van der Waals surface area contributed by atoms with Crippen LogP contribution >= 0.6 is 0 Å². The lowest BCUT2D eigenvalue weighted by Crippen LogP contribution is -2.55. The van der Waals surface area contributed by atoms with Gasteiger partial charge >= 0.3 is 0 Å². The topological polar surface area (TPSA) is 30.0 Å². The molecule has 3 heterocycles. The van der Waals surface area contributed by atoms with Gasteiger partial charge in [-0.15, -0.1) is 0 Å². The number of rotatable bonds is 4. The van der Waals surface area contributed by atoms with E-state index >= 15 is 0 Å². The largest absolute Gasteiger partial charge is 0.392 e. The molecule has 1 N–H and O–H groups in total. The Morgan fingerprint density at radius 1 is 1.00 bits per heavy atom. The van der Waals surface area contributed by atoms with E-state index in [0.717, 1.165) is 44.2 Å². The molecule has 4 nitrogen and oxygen atoms in total. The van der Waals surface area contributed by atoms with Crippen LogP contribution in [0.25, 0.3) is 0 Å². The summed E-state index contributed by atoms with van der Waals surface area (Å²) in [5.41, 5.74) is 0. The van der Waals surface area contributed by atoms with Crippen LogP contribution in [-0.4, -0.2) is 83.8 Å². The highest BCUT2D eigenvalue weighted by Crippen LogP contribution is 2.36. The standard InChI is InChI=1S/C16H31N3O/c1-3-16(20)12-18-6-8-19(9-7-18)15-10-13-4-5-14(11-15)17(13)2/h13-16,20H,3-12H2,1-2H3/t13-,14-,16+/m0/s1. The summed E-state index contributed by atoms with van der Waals surface area (Å²) in [5, 5.41) is 9.77. The quantitative estimate of drug-likeness (QED) is 0.833. The molecule has 4 heteroatoms. The van der Waals surface area contributed by atoms with Crippen molar-refractivity contribution in [2.24, 2.45) is 0 Å². The molecule has 0 aliphatic carbocycles. The third-order valence-electron chi connectivity index (χ3n) is 5.94. The number of β-amino-alcohol motifs (C(OH)–C–C–N with tert-alkyl or cyclic N) is 1. The average molecular weight is 281 g/mol. The fraction of sp³-hybridized carbons (Fsp3) is 1.00. The second-order valence-electron chi connectivity index (χ2n) is 7.07. The first-order chi connectivity index (χ1) is 9.67. The number of aliphatic hydroxyl groups excluding tert-OH is 1. The van der Waals surface area contributed by atoms with Crippen LogP contribution in [0.4, 0.5) is 0 Å². The Labute approximate surface area is 123 Å². The molecule has 116 valence electrons. The van der Waals surface area contributed by atoms with Crippen LogP contribution < -0.4 is 0 Å². The zero-order valence-corrected chi connectivity index (χ0v) is 13.2. The van der Waals surface area contributed by atoms with Gasteiger partial charge in [0.05, 0.1) is 6.10 Å². The molecule has 2 bridgehead atoms. The molecule has 0 radical (unpaired) electrons. The molecule has 3 rings (SSSR count). The van der Waals surface area contributed by atoms with E-state index < -0.39 is 0 Å². The molecule has 20 heavy (non-hydrogen) atoms. The van der Waals surface area contributed by atoms with Crippen LogP contribution in [0.1, 0.15) is 39.0 Å². The lowest BCUT2D eigenvalue weighted by atomic mass is 9.96. The van der Waals surface area contributed by atoms with E-state index in [0.29, 0.717) is 0 Å². The lowest BCUT2D eigenvalue weighted by molar-refractivity contribution is 0.0246. The van der Waals surface area contributed by atoms with Crippen molar-refractivity contribution in [1.82, 2.24) is 14.7 Å². The Hall–Kier alpha value is -0.160. The molecule has 3 fully saturated rings. The van der Waals surface area contributed by atoms with Crippen molar-refractivity contribution in [3.8, 4) is 0 Å². The number of piperidine rings is 1. The summed E-state index contributed by atoms with van der Waals surface area (Å²) in [7, 11) is 2.32. The van der Waals surface area contributed by atoms with Gasteiger partial charge in [-0.3, -0.25) is 9.80 Å². The van der Waals surface area contributed by atoms with E-state index in [1.54, 1.807) is 0 Å². The molecular weight excluding hydrogens is 250 g/mol. The van der Waals surface area contributed by atoms with Gasteiger partial charge in [-0.2, -0.15) is 0 Å². The van der Waals surface area contributed by atoms with Gasteiger partial charge in [0.2, 0.25) is 0 Å². The Kier molecular flexibility index (Phi) is 4.65. The minimum absolute atomic E-state index is 0.138. The van der Waals surface area contributed by atoms with E-state index in [1.807, 2.05) is 0 Å². The zero-order chi connectivity index (χ0) is 14.1. The second-order valence-corrected chi connectivity index (χ2v) is 7.07. The van der Waals surface area contributed by atoms with Gasteiger partial charge in [-0.1, -0.05) is 6.92 Å². The smallest absolute Gasteiger partial charge is 0.0664 e. The number of aliphatic hydroxyl groups is 1. The van der Waals surface area contributed by atoms with Gasteiger partial charge in [0.25, 0.3) is 0 Å². The molecule has 3 aliphatic heterocycles. The fourth-order valence-electron chi connectivity index (χ4n) is 4.42. The highest BCUT2D eigenvalue weighted by molar-refractivity contribution is 4.97. The Morgan fingerprint density at radius 3 is 2.15 bits per heavy atom. The van der Waals surface area contributed by atoms with E-state index in [1.165, 1.54) is 38.8 Å². The highest BCUT2D eigenvalue weighted by atomic mass is 16.3. The highest BCUT2D eigenvalue weighted by Gasteiger charge is 2.40. The van der Waals surface area contributed by atoms with Gasteiger partial charge < -0.3 is 10.0 Å².